The Kier molecular flexibility index (Phi) is 6.44. The van der Waals surface area contributed by atoms with Crippen molar-refractivity contribution in [3.8, 4) is 16.8 Å². The molecule has 0 bridgehead atoms. The van der Waals surface area contributed by atoms with Crippen LogP contribution in [0.4, 0.5) is 5.69 Å². The van der Waals surface area contributed by atoms with Gasteiger partial charge in [-0.25, -0.2) is 4.98 Å². The minimum atomic E-state index is -0.801. The number of aromatic amines is 1. The highest BCUT2D eigenvalue weighted by Gasteiger charge is 2.23. The summed E-state index contributed by atoms with van der Waals surface area (Å²) in [5.74, 6) is -0.315. The van der Waals surface area contributed by atoms with Crippen LogP contribution in [-0.4, -0.2) is 40.6 Å². The zero-order valence-electron chi connectivity index (χ0n) is 20.4. The molecule has 0 radical (unpaired) electrons. The molecule has 3 aromatic carbocycles. The quantitative estimate of drug-likeness (QED) is 0.311. The predicted molar refractivity (Wildman–Crippen MR) is 148 cm³/mol. The molecule has 0 aliphatic rings. The van der Waals surface area contributed by atoms with Crippen molar-refractivity contribution in [1.82, 2.24) is 34.7 Å². The second kappa shape index (κ2) is 10.3. The number of imidazole rings is 1. The van der Waals surface area contributed by atoms with Gasteiger partial charge in [0.25, 0.3) is 5.56 Å². The molecule has 10 nitrogen and oxygen atoms in total. The summed E-state index contributed by atoms with van der Waals surface area (Å²) >= 11 is 6.28. The van der Waals surface area contributed by atoms with Gasteiger partial charge in [0, 0.05) is 35.0 Å². The molecule has 11 heteroatoms. The zero-order valence-corrected chi connectivity index (χ0v) is 21.2. The minimum absolute atomic E-state index is 0.315. The number of hydrogen-bond donors (Lipinski definition) is 2. The van der Waals surface area contributed by atoms with Crippen LogP contribution in [0.5, 0.6) is 0 Å². The van der Waals surface area contributed by atoms with Crippen molar-refractivity contribution in [2.24, 2.45) is 0 Å². The van der Waals surface area contributed by atoms with Crippen LogP contribution in [0.25, 0.3) is 27.8 Å². The van der Waals surface area contributed by atoms with Gasteiger partial charge in [-0.15, -0.1) is 5.10 Å². The average Bonchev–Trinajstić information content (AvgIpc) is 3.65. The second-order valence-corrected chi connectivity index (χ2v) is 9.34. The van der Waals surface area contributed by atoms with E-state index in [4.69, 9.17) is 11.6 Å². The van der Waals surface area contributed by atoms with Crippen LogP contribution in [0.3, 0.4) is 0 Å². The Hall–Kier alpha value is -5.09. The number of nitrogens with zero attached hydrogens (tertiary/aromatic N) is 6. The number of H-pyrrole nitrogens is 1. The lowest BCUT2D eigenvalue weighted by atomic mass is 10.0. The fourth-order valence-corrected chi connectivity index (χ4v) is 4.69. The molecule has 0 fully saturated rings. The lowest BCUT2D eigenvalue weighted by molar-refractivity contribution is -0.119. The van der Waals surface area contributed by atoms with E-state index in [1.54, 1.807) is 42.9 Å². The Morgan fingerprint density at radius 3 is 2.69 bits per heavy atom. The van der Waals surface area contributed by atoms with E-state index in [-0.39, 0.29) is 11.5 Å². The van der Waals surface area contributed by atoms with Crippen LogP contribution in [0, 0.1) is 0 Å². The van der Waals surface area contributed by atoms with Crippen LogP contribution >= 0.6 is 11.6 Å². The van der Waals surface area contributed by atoms with Gasteiger partial charge in [0.05, 0.1) is 23.0 Å². The SMILES string of the molecule is O=C(Nc1ccc2nc[nH]c2c1)C(Cc1ccccc1)n1ccc(-c2cc(Cl)ccc2-n2cnnn2)cc1=O. The second-order valence-electron chi connectivity index (χ2n) is 8.91. The van der Waals surface area contributed by atoms with Gasteiger partial charge in [0.15, 0.2) is 0 Å². The van der Waals surface area contributed by atoms with Gasteiger partial charge in [-0.05, 0) is 64.0 Å². The molecular weight excluding hydrogens is 516 g/mol. The third-order valence-electron chi connectivity index (χ3n) is 6.41. The molecule has 192 valence electrons. The number of rotatable bonds is 7. The van der Waals surface area contributed by atoms with Crippen LogP contribution in [-0.2, 0) is 11.2 Å². The molecular formula is C28H21ClN8O2. The number of nitrogens with one attached hydrogen (secondary N) is 2. The van der Waals surface area contributed by atoms with Crippen molar-refractivity contribution >= 4 is 34.2 Å². The van der Waals surface area contributed by atoms with Crippen molar-refractivity contribution < 1.29 is 4.79 Å². The third kappa shape index (κ3) is 5.05. The first-order valence-corrected chi connectivity index (χ1v) is 12.5. The Labute approximate surface area is 226 Å². The molecule has 6 aromatic rings. The van der Waals surface area contributed by atoms with E-state index in [0.29, 0.717) is 33.9 Å². The first-order valence-electron chi connectivity index (χ1n) is 12.1. The Morgan fingerprint density at radius 1 is 1.03 bits per heavy atom. The fourth-order valence-electron chi connectivity index (χ4n) is 4.52. The summed E-state index contributed by atoms with van der Waals surface area (Å²) in [5, 5.41) is 14.8. The van der Waals surface area contributed by atoms with Gasteiger partial charge in [-0.3, -0.25) is 9.59 Å². The molecule has 1 atom stereocenters. The molecule has 0 aliphatic heterocycles. The number of anilines is 1. The summed E-state index contributed by atoms with van der Waals surface area (Å²) in [7, 11) is 0. The monoisotopic (exact) mass is 536 g/mol. The lowest BCUT2D eigenvalue weighted by Crippen LogP contribution is -2.34. The predicted octanol–water partition coefficient (Wildman–Crippen LogP) is 4.44. The summed E-state index contributed by atoms with van der Waals surface area (Å²) in [6, 6.07) is 22.7. The molecule has 2 N–H and O–H groups in total. The van der Waals surface area contributed by atoms with Crippen LogP contribution in [0.1, 0.15) is 11.6 Å². The van der Waals surface area contributed by atoms with Gasteiger partial charge in [-0.2, -0.15) is 4.68 Å². The molecule has 39 heavy (non-hydrogen) atoms. The number of aromatic nitrogens is 7. The summed E-state index contributed by atoms with van der Waals surface area (Å²) in [6.45, 7) is 0. The molecule has 3 aromatic heterocycles. The fraction of sp³-hybridized carbons (Fsp3) is 0.0714. The summed E-state index contributed by atoms with van der Waals surface area (Å²) in [6.07, 6.45) is 5.02. The van der Waals surface area contributed by atoms with Gasteiger partial charge in [0.1, 0.15) is 12.4 Å². The number of hydrogen-bond acceptors (Lipinski definition) is 6. The highest BCUT2D eigenvalue weighted by molar-refractivity contribution is 6.31. The zero-order chi connectivity index (χ0) is 26.8. The maximum absolute atomic E-state index is 13.6. The van der Waals surface area contributed by atoms with Crippen LogP contribution in [0.2, 0.25) is 5.02 Å². The van der Waals surface area contributed by atoms with Crippen LogP contribution in [0.15, 0.2) is 103 Å². The van der Waals surface area contributed by atoms with Gasteiger partial charge < -0.3 is 14.9 Å². The summed E-state index contributed by atoms with van der Waals surface area (Å²) < 4.78 is 2.95. The van der Waals surface area contributed by atoms with Gasteiger partial charge in [0.2, 0.25) is 5.91 Å². The van der Waals surface area contributed by atoms with Gasteiger partial charge >= 0.3 is 0 Å². The van der Waals surface area contributed by atoms with Crippen molar-refractivity contribution in [2.75, 3.05) is 5.32 Å². The number of amides is 1. The highest BCUT2D eigenvalue weighted by Crippen LogP contribution is 2.29. The molecule has 1 unspecified atom stereocenters. The number of pyridine rings is 1. The van der Waals surface area contributed by atoms with Crippen molar-refractivity contribution in [1.29, 1.82) is 0 Å². The molecule has 6 rings (SSSR count). The van der Waals surface area contributed by atoms with Gasteiger partial charge in [-0.1, -0.05) is 41.9 Å². The normalized spacial score (nSPS) is 11.9. The van der Waals surface area contributed by atoms with E-state index in [9.17, 15) is 9.59 Å². The van der Waals surface area contributed by atoms with Crippen molar-refractivity contribution in [3.05, 3.63) is 119 Å². The summed E-state index contributed by atoms with van der Waals surface area (Å²) in [5.41, 5.74) is 4.74. The topological polar surface area (TPSA) is 123 Å². The third-order valence-corrected chi connectivity index (χ3v) is 6.65. The van der Waals surface area contributed by atoms with Crippen LogP contribution < -0.4 is 10.9 Å². The largest absolute Gasteiger partial charge is 0.345 e. The molecule has 0 spiro atoms. The molecule has 3 heterocycles. The molecule has 0 saturated carbocycles. The number of carbonyl (C=O) groups excluding carboxylic acids is 1. The first kappa shape index (κ1) is 24.3. The van der Waals surface area contributed by atoms with E-state index in [1.807, 2.05) is 42.5 Å². The number of halogens is 1. The molecule has 0 aliphatic carbocycles. The lowest BCUT2D eigenvalue weighted by Gasteiger charge is -2.20. The highest BCUT2D eigenvalue weighted by atomic mass is 35.5. The number of tetrazole rings is 1. The minimum Gasteiger partial charge on any atom is -0.345 e. The van der Waals surface area contributed by atoms with Crippen molar-refractivity contribution in [3.63, 3.8) is 0 Å². The van der Waals surface area contributed by atoms with E-state index in [1.165, 1.54) is 21.6 Å². The van der Waals surface area contributed by atoms with Crippen molar-refractivity contribution in [2.45, 2.75) is 12.5 Å². The molecule has 0 saturated heterocycles. The standard InChI is InChI=1S/C28H21ClN8O2/c29-20-6-9-25(37-17-32-34-35-37)22(14-20)19-10-11-36(27(38)13-19)26(12-18-4-2-1-3-5-18)28(39)33-21-7-8-23-24(15-21)31-16-30-23/h1-11,13-17,26H,12H2,(H,30,31)(H,33,39). The number of carbonyl (C=O) groups is 1. The van der Waals surface area contributed by atoms with E-state index >= 15 is 0 Å². The molecule has 1 amide bonds. The number of benzene rings is 3. The van der Waals surface area contributed by atoms with E-state index < -0.39 is 6.04 Å². The summed E-state index contributed by atoms with van der Waals surface area (Å²) in [4.78, 5) is 34.4. The maximum Gasteiger partial charge on any atom is 0.251 e. The average molecular weight is 537 g/mol. The maximum atomic E-state index is 13.6. The van der Waals surface area contributed by atoms with E-state index in [0.717, 1.165) is 16.6 Å². The van der Waals surface area contributed by atoms with E-state index in [2.05, 4.69) is 30.8 Å². The smallest absolute Gasteiger partial charge is 0.251 e. The Bertz CT molecular complexity index is 1830. The number of fused-ring (bicyclic) bond motifs is 1. The first-order chi connectivity index (χ1) is 19.0. The Balaban J connectivity index is 1.37. The Morgan fingerprint density at radius 2 is 1.90 bits per heavy atom.